The van der Waals surface area contributed by atoms with Crippen LogP contribution in [0.2, 0.25) is 10.0 Å². The molecule has 2 N–H and O–H groups in total. The third-order valence-corrected chi connectivity index (χ3v) is 8.85. The molecule has 0 fully saturated rings. The Hall–Kier alpha value is -4.25. The molecule has 0 bridgehead atoms. The Morgan fingerprint density at radius 3 is 2.16 bits per heavy atom. The third-order valence-electron chi connectivity index (χ3n) is 6.62. The number of nitrogens with one attached hydrogen (secondary N) is 2. The van der Waals surface area contributed by atoms with Crippen LogP contribution in [-0.4, -0.2) is 47.5 Å². The van der Waals surface area contributed by atoms with Gasteiger partial charge in [0, 0.05) is 16.6 Å². The van der Waals surface area contributed by atoms with E-state index in [1.807, 2.05) is 19.1 Å². The maximum absolute atomic E-state index is 13.7. The molecule has 4 aromatic rings. The van der Waals surface area contributed by atoms with Crippen molar-refractivity contribution in [3.05, 3.63) is 112 Å². The number of sulfonamides is 1. The van der Waals surface area contributed by atoms with Gasteiger partial charge in [-0.25, -0.2) is 8.42 Å². The van der Waals surface area contributed by atoms with Crippen LogP contribution in [0.5, 0.6) is 11.5 Å². The standard InChI is InChI=1S/C32H31Cl2N3O6S/c1-21-8-11-26(12-9-21)44(40,41)37(25-18-23(33)17-24(34)19-25)20-31(38)36-28-7-5-4-6-27(28)32(39)35-15-14-22-10-13-29(42-2)30(16-22)43-3/h4-13,16-19H,14-15,20H2,1-3H3,(H,35,39)(H,36,38). The van der Waals surface area contributed by atoms with E-state index < -0.39 is 28.4 Å². The minimum Gasteiger partial charge on any atom is -0.493 e. The number of hydrogen-bond donors (Lipinski definition) is 2. The van der Waals surface area contributed by atoms with Crippen molar-refractivity contribution in [3.8, 4) is 11.5 Å². The maximum atomic E-state index is 13.7. The second-order valence-electron chi connectivity index (χ2n) is 9.74. The second kappa shape index (κ2) is 14.5. The van der Waals surface area contributed by atoms with Crippen LogP contribution in [0.25, 0.3) is 0 Å². The lowest BCUT2D eigenvalue weighted by molar-refractivity contribution is -0.114. The monoisotopic (exact) mass is 655 g/mol. The van der Waals surface area contributed by atoms with Crippen LogP contribution in [0, 0.1) is 6.92 Å². The maximum Gasteiger partial charge on any atom is 0.264 e. The smallest absolute Gasteiger partial charge is 0.264 e. The molecule has 0 heterocycles. The summed E-state index contributed by atoms with van der Waals surface area (Å²) in [6.07, 6.45) is 0.522. The van der Waals surface area contributed by atoms with Gasteiger partial charge in [0.25, 0.3) is 15.9 Å². The summed E-state index contributed by atoms with van der Waals surface area (Å²) in [6.45, 7) is 1.54. The van der Waals surface area contributed by atoms with Crippen molar-refractivity contribution in [3.63, 3.8) is 0 Å². The molecule has 0 aliphatic carbocycles. The van der Waals surface area contributed by atoms with Crippen molar-refractivity contribution < 1.29 is 27.5 Å². The number of rotatable bonds is 12. The molecule has 2 amide bonds. The second-order valence-corrected chi connectivity index (χ2v) is 12.5. The lowest BCUT2D eigenvalue weighted by Crippen LogP contribution is -2.38. The Morgan fingerprint density at radius 1 is 0.841 bits per heavy atom. The number of para-hydroxylation sites is 1. The van der Waals surface area contributed by atoms with E-state index in [0.29, 0.717) is 24.5 Å². The van der Waals surface area contributed by atoms with Gasteiger partial charge in [-0.15, -0.1) is 0 Å². The molecule has 0 spiro atoms. The van der Waals surface area contributed by atoms with Crippen molar-refractivity contribution in [1.82, 2.24) is 5.32 Å². The first-order valence-electron chi connectivity index (χ1n) is 13.5. The summed E-state index contributed by atoms with van der Waals surface area (Å²) in [5.74, 6) is 0.103. The molecule has 0 atom stereocenters. The fourth-order valence-corrected chi connectivity index (χ4v) is 6.32. The fourth-order valence-electron chi connectivity index (χ4n) is 4.40. The summed E-state index contributed by atoms with van der Waals surface area (Å²) in [5.41, 5.74) is 2.35. The largest absolute Gasteiger partial charge is 0.493 e. The zero-order valence-electron chi connectivity index (χ0n) is 24.3. The van der Waals surface area contributed by atoms with Crippen molar-refractivity contribution in [2.45, 2.75) is 18.2 Å². The summed E-state index contributed by atoms with van der Waals surface area (Å²) in [5, 5.41) is 5.95. The molecule has 4 rings (SSSR count). The molecule has 0 aliphatic heterocycles. The SMILES string of the molecule is COc1ccc(CCNC(=O)c2ccccc2NC(=O)CN(c2cc(Cl)cc(Cl)c2)S(=O)(=O)c2ccc(C)cc2)cc1OC. The lowest BCUT2D eigenvalue weighted by Gasteiger charge is -2.25. The number of anilines is 2. The van der Waals surface area contributed by atoms with E-state index in [-0.39, 0.29) is 31.9 Å². The normalized spacial score (nSPS) is 11.0. The minimum absolute atomic E-state index is 0.0127. The molecule has 0 saturated carbocycles. The third kappa shape index (κ3) is 8.02. The average Bonchev–Trinajstić information content (AvgIpc) is 2.99. The van der Waals surface area contributed by atoms with E-state index >= 15 is 0 Å². The van der Waals surface area contributed by atoms with Crippen molar-refractivity contribution in [2.75, 3.05) is 36.9 Å². The quantitative estimate of drug-likeness (QED) is 0.190. The molecule has 44 heavy (non-hydrogen) atoms. The van der Waals surface area contributed by atoms with Crippen molar-refractivity contribution >= 4 is 56.4 Å². The number of benzene rings is 4. The molecule has 0 saturated heterocycles. The van der Waals surface area contributed by atoms with Gasteiger partial charge >= 0.3 is 0 Å². The Kier molecular flexibility index (Phi) is 10.7. The summed E-state index contributed by atoms with van der Waals surface area (Å²) in [6, 6.07) is 22.5. The summed E-state index contributed by atoms with van der Waals surface area (Å²) in [7, 11) is -1.10. The number of halogens is 2. The molecule has 0 aromatic heterocycles. The molecule has 9 nitrogen and oxygen atoms in total. The van der Waals surface area contributed by atoms with Gasteiger partial charge in [0.1, 0.15) is 6.54 Å². The Balaban J connectivity index is 1.51. The number of methoxy groups -OCH3 is 2. The van der Waals surface area contributed by atoms with Gasteiger partial charge in [-0.3, -0.25) is 13.9 Å². The van der Waals surface area contributed by atoms with Crippen molar-refractivity contribution in [1.29, 1.82) is 0 Å². The molecule has 230 valence electrons. The number of carbonyl (C=O) groups excluding carboxylic acids is 2. The van der Waals surface area contributed by atoms with Crippen LogP contribution in [0.4, 0.5) is 11.4 Å². The topological polar surface area (TPSA) is 114 Å². The number of nitrogens with zero attached hydrogens (tertiary/aromatic N) is 1. The van der Waals surface area contributed by atoms with E-state index in [1.54, 1.807) is 56.7 Å². The van der Waals surface area contributed by atoms with Crippen molar-refractivity contribution in [2.24, 2.45) is 0 Å². The van der Waals surface area contributed by atoms with E-state index in [9.17, 15) is 18.0 Å². The van der Waals surface area contributed by atoms with E-state index in [4.69, 9.17) is 32.7 Å². The predicted molar refractivity (Wildman–Crippen MR) is 173 cm³/mol. The summed E-state index contributed by atoms with van der Waals surface area (Å²) in [4.78, 5) is 26.4. The molecule has 0 radical (unpaired) electrons. The van der Waals surface area contributed by atoms with E-state index in [1.165, 1.54) is 30.3 Å². The van der Waals surface area contributed by atoms with Crippen LogP contribution in [0.1, 0.15) is 21.5 Å². The van der Waals surface area contributed by atoms with Gasteiger partial charge in [-0.05, 0) is 73.5 Å². The number of aryl methyl sites for hydroxylation is 1. The van der Waals surface area contributed by atoms with Crippen LogP contribution in [0.15, 0.2) is 89.8 Å². The summed E-state index contributed by atoms with van der Waals surface area (Å²) < 4.78 is 39.0. The first kappa shape index (κ1) is 32.7. The van der Waals surface area contributed by atoms with E-state index in [0.717, 1.165) is 15.4 Å². The van der Waals surface area contributed by atoms with Gasteiger partial charge in [0.15, 0.2) is 11.5 Å². The first-order chi connectivity index (χ1) is 21.0. The highest BCUT2D eigenvalue weighted by Crippen LogP contribution is 2.30. The Bertz CT molecular complexity index is 1740. The molecule has 0 unspecified atom stereocenters. The molecule has 0 aliphatic rings. The lowest BCUT2D eigenvalue weighted by atomic mass is 10.1. The highest BCUT2D eigenvalue weighted by molar-refractivity contribution is 7.92. The number of carbonyl (C=O) groups is 2. The molecule has 4 aromatic carbocycles. The first-order valence-corrected chi connectivity index (χ1v) is 15.6. The molecular weight excluding hydrogens is 625 g/mol. The van der Waals surface area contributed by atoms with Crippen LogP contribution >= 0.6 is 23.2 Å². The number of ether oxygens (including phenoxy) is 2. The van der Waals surface area contributed by atoms with Gasteiger partial charge in [0.05, 0.1) is 36.1 Å². The zero-order chi connectivity index (χ0) is 31.9. The van der Waals surface area contributed by atoms with Crippen LogP contribution in [0.3, 0.4) is 0 Å². The molecule has 12 heteroatoms. The zero-order valence-corrected chi connectivity index (χ0v) is 26.6. The van der Waals surface area contributed by atoms with Crippen LogP contribution in [-0.2, 0) is 21.2 Å². The predicted octanol–water partition coefficient (Wildman–Crippen LogP) is 6.13. The minimum atomic E-state index is -4.21. The number of hydrogen-bond acceptors (Lipinski definition) is 6. The van der Waals surface area contributed by atoms with Gasteiger partial charge in [-0.1, -0.05) is 59.1 Å². The van der Waals surface area contributed by atoms with E-state index in [2.05, 4.69) is 10.6 Å². The molecular formula is C32H31Cl2N3O6S. The fraction of sp³-hybridized carbons (Fsp3) is 0.188. The van der Waals surface area contributed by atoms with Crippen LogP contribution < -0.4 is 24.4 Å². The highest BCUT2D eigenvalue weighted by Gasteiger charge is 2.28. The Labute approximate surface area is 266 Å². The Morgan fingerprint density at radius 2 is 1.50 bits per heavy atom. The highest BCUT2D eigenvalue weighted by atomic mass is 35.5. The average molecular weight is 657 g/mol. The van der Waals surface area contributed by atoms with Gasteiger partial charge in [-0.2, -0.15) is 0 Å². The number of amides is 2. The van der Waals surface area contributed by atoms with Gasteiger partial charge in [0.2, 0.25) is 5.91 Å². The summed E-state index contributed by atoms with van der Waals surface area (Å²) >= 11 is 12.4. The van der Waals surface area contributed by atoms with Gasteiger partial charge < -0.3 is 20.1 Å².